The van der Waals surface area contributed by atoms with Gasteiger partial charge in [0, 0.05) is 30.5 Å². The van der Waals surface area contributed by atoms with E-state index in [2.05, 4.69) is 10.3 Å². The number of halogens is 3. The van der Waals surface area contributed by atoms with Crippen molar-refractivity contribution in [1.82, 2.24) is 9.55 Å². The van der Waals surface area contributed by atoms with Crippen molar-refractivity contribution < 1.29 is 19.0 Å². The van der Waals surface area contributed by atoms with Gasteiger partial charge in [0.2, 0.25) is 0 Å². The largest absolute Gasteiger partial charge is 0.508 e. The van der Waals surface area contributed by atoms with Crippen LogP contribution in [0.5, 0.6) is 11.5 Å². The number of phenolic OH excluding ortho intramolecular Hbond substituents is 1. The Bertz CT molecular complexity index is 1220. The highest BCUT2D eigenvalue weighted by Crippen LogP contribution is 2.33. The molecule has 0 atom stereocenters. The fourth-order valence-corrected chi connectivity index (χ4v) is 3.47. The summed E-state index contributed by atoms with van der Waals surface area (Å²) in [4.78, 5) is 16.3. The van der Waals surface area contributed by atoms with Crippen molar-refractivity contribution >= 4 is 45.9 Å². The number of carbonyl (C=O) groups excluding carboxylic acids is 1. The third-order valence-corrected chi connectivity index (χ3v) is 4.95. The second kappa shape index (κ2) is 8.22. The summed E-state index contributed by atoms with van der Waals surface area (Å²) in [6.07, 6.45) is 3.50. The number of carbonyl (C=O) groups is 1. The number of nitrogens with zero attached hydrogens (tertiary/aromatic N) is 2. The fourth-order valence-electron chi connectivity index (χ4n) is 3.01. The molecule has 0 aliphatic rings. The molecule has 0 aliphatic heterocycles. The molecule has 0 bridgehead atoms. The number of aromatic hydroxyl groups is 1. The van der Waals surface area contributed by atoms with Gasteiger partial charge >= 0.3 is 6.09 Å². The summed E-state index contributed by atoms with van der Waals surface area (Å²) in [5, 5.41) is 13.2. The Morgan fingerprint density at radius 3 is 2.53 bits per heavy atom. The number of fused-ring (bicyclic) bond motifs is 1. The lowest BCUT2D eigenvalue weighted by atomic mass is 10.2. The number of rotatable bonds is 4. The van der Waals surface area contributed by atoms with Gasteiger partial charge in [0.25, 0.3) is 0 Å². The maximum absolute atomic E-state index is 13.2. The molecule has 0 spiro atoms. The predicted octanol–water partition coefficient (Wildman–Crippen LogP) is 5.85. The van der Waals surface area contributed by atoms with Gasteiger partial charge < -0.3 is 14.4 Å². The topological polar surface area (TPSA) is 76.4 Å². The molecule has 0 aliphatic carbocycles. The second-order valence-corrected chi connectivity index (χ2v) is 7.26. The molecular formula is C21H14Cl2FN3O3. The van der Waals surface area contributed by atoms with Gasteiger partial charge in [-0.15, -0.1) is 0 Å². The van der Waals surface area contributed by atoms with Crippen LogP contribution in [0.2, 0.25) is 10.0 Å². The zero-order valence-electron chi connectivity index (χ0n) is 15.3. The van der Waals surface area contributed by atoms with E-state index in [0.29, 0.717) is 11.9 Å². The summed E-state index contributed by atoms with van der Waals surface area (Å²) in [5.74, 6) is -0.0792. The minimum Gasteiger partial charge on any atom is -0.508 e. The van der Waals surface area contributed by atoms with Crippen LogP contribution in [-0.2, 0) is 6.54 Å². The number of ether oxygens (including phenoxy) is 1. The van der Waals surface area contributed by atoms with Crippen LogP contribution in [-0.4, -0.2) is 20.8 Å². The molecule has 9 heteroatoms. The molecular weight excluding hydrogens is 432 g/mol. The fraction of sp³-hybridized carbons (Fsp3) is 0.0476. The van der Waals surface area contributed by atoms with Crippen LogP contribution in [0.3, 0.4) is 0 Å². The number of nitrogens with one attached hydrogen (secondary N) is 1. The molecule has 0 unspecified atom stereocenters. The van der Waals surface area contributed by atoms with Gasteiger partial charge in [-0.25, -0.2) is 9.18 Å². The molecule has 30 heavy (non-hydrogen) atoms. The molecule has 4 rings (SSSR count). The summed E-state index contributed by atoms with van der Waals surface area (Å²) in [7, 11) is 0. The first-order valence-electron chi connectivity index (χ1n) is 8.75. The first kappa shape index (κ1) is 20.0. The van der Waals surface area contributed by atoms with Gasteiger partial charge in [-0.05, 0) is 35.9 Å². The van der Waals surface area contributed by atoms with E-state index in [1.165, 1.54) is 36.7 Å². The van der Waals surface area contributed by atoms with Crippen molar-refractivity contribution in [3.05, 3.63) is 82.5 Å². The minimum absolute atomic E-state index is 0.0208. The number of phenols is 1. The summed E-state index contributed by atoms with van der Waals surface area (Å²) in [6.45, 7) is 0.411. The smallest absolute Gasteiger partial charge is 0.417 e. The maximum atomic E-state index is 13.2. The molecule has 1 amide bonds. The molecule has 152 valence electrons. The van der Waals surface area contributed by atoms with Gasteiger partial charge in [0.05, 0.1) is 21.2 Å². The van der Waals surface area contributed by atoms with Crippen molar-refractivity contribution in [2.45, 2.75) is 6.54 Å². The van der Waals surface area contributed by atoms with E-state index < -0.39 is 6.09 Å². The number of anilines is 1. The first-order chi connectivity index (χ1) is 14.4. The van der Waals surface area contributed by atoms with E-state index in [9.17, 15) is 14.3 Å². The zero-order chi connectivity index (χ0) is 21.3. The SMILES string of the molecule is O=C(Nc1c(Cl)cncc1Cl)Oc1cn(Cc2ccc(F)cc2)c2ccc(O)cc12. The number of aromatic nitrogens is 2. The number of hydrogen-bond acceptors (Lipinski definition) is 4. The highest BCUT2D eigenvalue weighted by molar-refractivity contribution is 6.39. The molecule has 0 fully saturated rings. The maximum Gasteiger partial charge on any atom is 0.417 e. The van der Waals surface area contributed by atoms with Crippen molar-refractivity contribution in [1.29, 1.82) is 0 Å². The van der Waals surface area contributed by atoms with Crippen LogP contribution in [0.4, 0.5) is 14.9 Å². The third-order valence-electron chi connectivity index (χ3n) is 4.38. The van der Waals surface area contributed by atoms with Crippen molar-refractivity contribution in [2.75, 3.05) is 5.32 Å². The Balaban J connectivity index is 1.64. The molecule has 0 saturated heterocycles. The van der Waals surface area contributed by atoms with E-state index in [1.54, 1.807) is 24.4 Å². The van der Waals surface area contributed by atoms with E-state index in [-0.39, 0.29) is 33.0 Å². The molecule has 0 radical (unpaired) electrons. The van der Waals surface area contributed by atoms with E-state index >= 15 is 0 Å². The van der Waals surface area contributed by atoms with Gasteiger partial charge in [-0.1, -0.05) is 35.3 Å². The average Bonchev–Trinajstić information content (AvgIpc) is 3.03. The normalized spacial score (nSPS) is 10.9. The summed E-state index contributed by atoms with van der Waals surface area (Å²) in [5.41, 5.74) is 1.75. The highest BCUT2D eigenvalue weighted by atomic mass is 35.5. The van der Waals surface area contributed by atoms with Gasteiger partial charge in [0.1, 0.15) is 11.6 Å². The van der Waals surface area contributed by atoms with E-state index in [4.69, 9.17) is 27.9 Å². The lowest BCUT2D eigenvalue weighted by Crippen LogP contribution is -2.17. The van der Waals surface area contributed by atoms with Crippen molar-refractivity contribution in [3.8, 4) is 11.5 Å². The molecule has 2 aromatic carbocycles. The lowest BCUT2D eigenvalue weighted by Gasteiger charge is -2.08. The molecule has 2 aromatic heterocycles. The number of pyridine rings is 1. The van der Waals surface area contributed by atoms with Crippen molar-refractivity contribution in [2.24, 2.45) is 0 Å². The Hall–Kier alpha value is -3.29. The molecule has 6 nitrogen and oxygen atoms in total. The zero-order valence-corrected chi connectivity index (χ0v) is 16.8. The van der Waals surface area contributed by atoms with Crippen LogP contribution in [0.15, 0.2) is 61.1 Å². The Kier molecular flexibility index (Phi) is 5.48. The van der Waals surface area contributed by atoms with Crippen LogP contribution in [0, 0.1) is 5.82 Å². The minimum atomic E-state index is -0.811. The Morgan fingerprint density at radius 2 is 1.83 bits per heavy atom. The van der Waals surface area contributed by atoms with Gasteiger partial charge in [-0.2, -0.15) is 0 Å². The van der Waals surface area contributed by atoms with Crippen LogP contribution in [0.1, 0.15) is 5.56 Å². The highest BCUT2D eigenvalue weighted by Gasteiger charge is 2.16. The molecule has 2 N–H and O–H groups in total. The monoisotopic (exact) mass is 445 g/mol. The quantitative estimate of drug-likeness (QED) is 0.413. The standard InChI is InChI=1S/C21H14Cl2FN3O3/c22-16-8-25-9-17(23)20(16)26-21(29)30-19-11-27(10-12-1-3-13(24)4-2-12)18-6-5-14(28)7-15(18)19/h1-9,11,28H,10H2,(H,25,26,29). The summed E-state index contributed by atoms with van der Waals surface area (Å²) >= 11 is 12.0. The molecule has 4 aromatic rings. The van der Waals surface area contributed by atoms with Crippen LogP contribution in [0.25, 0.3) is 10.9 Å². The number of benzene rings is 2. The average molecular weight is 446 g/mol. The van der Waals surface area contributed by atoms with Gasteiger partial charge in [-0.3, -0.25) is 10.3 Å². The number of amides is 1. The second-order valence-electron chi connectivity index (χ2n) is 6.44. The Labute approximate surface area is 180 Å². The van der Waals surface area contributed by atoms with E-state index in [1.807, 2.05) is 4.57 Å². The lowest BCUT2D eigenvalue weighted by molar-refractivity contribution is 0.215. The molecule has 0 saturated carbocycles. The first-order valence-corrected chi connectivity index (χ1v) is 9.50. The van der Waals surface area contributed by atoms with Gasteiger partial charge in [0.15, 0.2) is 5.75 Å². The van der Waals surface area contributed by atoms with Crippen LogP contribution >= 0.6 is 23.2 Å². The Morgan fingerprint density at radius 1 is 1.13 bits per heavy atom. The third kappa shape index (κ3) is 4.17. The summed E-state index contributed by atoms with van der Waals surface area (Å²) < 4.78 is 20.5. The number of hydrogen-bond donors (Lipinski definition) is 2. The van der Waals surface area contributed by atoms with Crippen molar-refractivity contribution in [3.63, 3.8) is 0 Å². The predicted molar refractivity (Wildman–Crippen MR) is 113 cm³/mol. The molecule has 2 heterocycles. The van der Waals surface area contributed by atoms with E-state index in [0.717, 1.165) is 11.1 Å². The van der Waals surface area contributed by atoms with Crippen LogP contribution < -0.4 is 10.1 Å². The summed E-state index contributed by atoms with van der Waals surface area (Å²) in [6, 6.07) is 10.8.